The van der Waals surface area contributed by atoms with Crippen LogP contribution in [0.1, 0.15) is 18.4 Å². The van der Waals surface area contributed by atoms with Crippen molar-refractivity contribution in [2.45, 2.75) is 30.4 Å². The molecule has 0 bridgehead atoms. The Kier molecular flexibility index (Phi) is 7.63. The Morgan fingerprint density at radius 2 is 2.12 bits per heavy atom. The highest BCUT2D eigenvalue weighted by Gasteiger charge is 2.15. The maximum atomic E-state index is 11.2. The van der Waals surface area contributed by atoms with Crippen LogP contribution in [0.15, 0.2) is 34.2 Å². The lowest BCUT2D eigenvalue weighted by atomic mass is 10.2. The number of nitrogens with two attached hydrogens (primary N) is 1. The predicted octanol–water partition coefficient (Wildman–Crippen LogP) is 0.195. The van der Waals surface area contributed by atoms with Crippen LogP contribution in [-0.2, 0) is 26.0 Å². The SMILES string of the molecule is CN=C(NCCCOC1CCOC1)NCc1ccc(S(N)(=O)=O)cc1. The van der Waals surface area contributed by atoms with E-state index in [4.69, 9.17) is 14.6 Å². The standard InChI is InChI=1S/C16H26N4O4S/c1-18-16(19-8-2-9-24-14-7-10-23-12-14)20-11-13-3-5-15(6-4-13)25(17,21)22/h3-6,14H,2,7-12H2,1H3,(H2,17,21,22)(H2,18,19,20). The Bertz CT molecular complexity index is 655. The van der Waals surface area contributed by atoms with E-state index in [2.05, 4.69) is 15.6 Å². The summed E-state index contributed by atoms with van der Waals surface area (Å²) in [6.45, 7) is 3.45. The summed E-state index contributed by atoms with van der Waals surface area (Å²) < 4.78 is 33.4. The number of hydrogen-bond donors (Lipinski definition) is 3. The molecule has 9 heteroatoms. The molecule has 140 valence electrons. The highest BCUT2D eigenvalue weighted by molar-refractivity contribution is 7.89. The minimum Gasteiger partial charge on any atom is -0.379 e. The number of guanidine groups is 1. The van der Waals surface area contributed by atoms with Crippen LogP contribution >= 0.6 is 0 Å². The molecule has 1 atom stereocenters. The highest BCUT2D eigenvalue weighted by atomic mass is 32.2. The number of ether oxygens (including phenoxy) is 2. The van der Waals surface area contributed by atoms with Crippen molar-refractivity contribution in [2.24, 2.45) is 10.1 Å². The van der Waals surface area contributed by atoms with E-state index in [0.29, 0.717) is 25.7 Å². The molecule has 1 saturated heterocycles. The van der Waals surface area contributed by atoms with Crippen molar-refractivity contribution in [2.75, 3.05) is 33.4 Å². The van der Waals surface area contributed by atoms with Crippen molar-refractivity contribution in [3.05, 3.63) is 29.8 Å². The van der Waals surface area contributed by atoms with E-state index in [9.17, 15) is 8.42 Å². The smallest absolute Gasteiger partial charge is 0.238 e. The van der Waals surface area contributed by atoms with Gasteiger partial charge in [0.25, 0.3) is 0 Å². The van der Waals surface area contributed by atoms with Crippen LogP contribution < -0.4 is 15.8 Å². The molecule has 0 aromatic heterocycles. The van der Waals surface area contributed by atoms with Crippen LogP contribution in [0.25, 0.3) is 0 Å². The molecule has 1 aromatic rings. The Labute approximate surface area is 148 Å². The molecule has 0 amide bonds. The zero-order chi connectivity index (χ0) is 18.1. The molecular weight excluding hydrogens is 344 g/mol. The Hall–Kier alpha value is -1.68. The van der Waals surface area contributed by atoms with Gasteiger partial charge in [0, 0.05) is 33.4 Å². The van der Waals surface area contributed by atoms with Crippen LogP contribution in [0.5, 0.6) is 0 Å². The van der Waals surface area contributed by atoms with Gasteiger partial charge in [0.1, 0.15) is 0 Å². The first-order chi connectivity index (χ1) is 12.0. The van der Waals surface area contributed by atoms with Crippen LogP contribution in [-0.4, -0.2) is 53.9 Å². The van der Waals surface area contributed by atoms with Crippen LogP contribution in [0, 0.1) is 0 Å². The van der Waals surface area contributed by atoms with E-state index in [1.807, 2.05) is 0 Å². The van der Waals surface area contributed by atoms with Gasteiger partial charge in [-0.2, -0.15) is 0 Å². The van der Waals surface area contributed by atoms with Crippen LogP contribution in [0.4, 0.5) is 0 Å². The van der Waals surface area contributed by atoms with E-state index in [-0.39, 0.29) is 11.0 Å². The van der Waals surface area contributed by atoms with Gasteiger partial charge in [-0.25, -0.2) is 13.6 Å². The zero-order valence-corrected chi connectivity index (χ0v) is 15.2. The van der Waals surface area contributed by atoms with E-state index in [0.717, 1.165) is 31.6 Å². The number of primary sulfonamides is 1. The van der Waals surface area contributed by atoms with Gasteiger partial charge in [0.05, 0.1) is 17.6 Å². The molecule has 0 spiro atoms. The minimum absolute atomic E-state index is 0.103. The lowest BCUT2D eigenvalue weighted by Crippen LogP contribution is -2.37. The fourth-order valence-electron chi connectivity index (χ4n) is 2.38. The molecule has 1 aliphatic heterocycles. The summed E-state index contributed by atoms with van der Waals surface area (Å²) in [4.78, 5) is 4.26. The van der Waals surface area contributed by atoms with E-state index in [1.54, 1.807) is 19.2 Å². The molecule has 1 aliphatic rings. The summed E-state index contributed by atoms with van der Waals surface area (Å²) in [5.41, 5.74) is 0.930. The largest absolute Gasteiger partial charge is 0.379 e. The molecule has 1 heterocycles. The van der Waals surface area contributed by atoms with E-state index < -0.39 is 10.0 Å². The third kappa shape index (κ3) is 6.99. The van der Waals surface area contributed by atoms with Gasteiger partial charge in [-0.3, -0.25) is 4.99 Å². The summed E-state index contributed by atoms with van der Waals surface area (Å²) in [5.74, 6) is 0.680. The second-order valence-corrected chi connectivity index (χ2v) is 7.31. The van der Waals surface area contributed by atoms with Gasteiger partial charge in [-0.1, -0.05) is 12.1 Å². The Morgan fingerprint density at radius 1 is 1.36 bits per heavy atom. The fourth-order valence-corrected chi connectivity index (χ4v) is 2.89. The second-order valence-electron chi connectivity index (χ2n) is 5.75. The van der Waals surface area contributed by atoms with Gasteiger partial charge >= 0.3 is 0 Å². The molecule has 1 fully saturated rings. The van der Waals surface area contributed by atoms with Crippen molar-refractivity contribution in [1.82, 2.24) is 10.6 Å². The summed E-state index contributed by atoms with van der Waals surface area (Å²) in [7, 11) is -1.96. The van der Waals surface area contributed by atoms with Crippen molar-refractivity contribution >= 4 is 16.0 Å². The molecule has 4 N–H and O–H groups in total. The molecule has 8 nitrogen and oxygen atoms in total. The van der Waals surface area contributed by atoms with Gasteiger partial charge in [-0.15, -0.1) is 0 Å². The highest BCUT2D eigenvalue weighted by Crippen LogP contribution is 2.09. The minimum atomic E-state index is -3.66. The van der Waals surface area contributed by atoms with Crippen molar-refractivity contribution in [1.29, 1.82) is 0 Å². The summed E-state index contributed by atoms with van der Waals surface area (Å²) in [5, 5.41) is 11.5. The fraction of sp³-hybridized carbons (Fsp3) is 0.562. The van der Waals surface area contributed by atoms with Gasteiger partial charge in [-0.05, 0) is 30.5 Å². The number of aliphatic imine (C=N–C) groups is 1. The normalized spacial score (nSPS) is 18.3. The first-order valence-electron chi connectivity index (χ1n) is 8.24. The monoisotopic (exact) mass is 370 g/mol. The number of hydrogen-bond acceptors (Lipinski definition) is 5. The Balaban J connectivity index is 1.65. The Morgan fingerprint density at radius 3 is 2.72 bits per heavy atom. The average Bonchev–Trinajstić information content (AvgIpc) is 3.10. The summed E-state index contributed by atoms with van der Waals surface area (Å²) >= 11 is 0. The molecule has 1 aromatic carbocycles. The van der Waals surface area contributed by atoms with Crippen molar-refractivity contribution in [3.63, 3.8) is 0 Å². The molecule has 0 aliphatic carbocycles. The summed E-state index contributed by atoms with van der Waals surface area (Å²) in [6, 6.07) is 6.42. The van der Waals surface area contributed by atoms with Crippen molar-refractivity contribution in [3.8, 4) is 0 Å². The molecule has 0 radical (unpaired) electrons. The average molecular weight is 370 g/mol. The number of sulfonamides is 1. The third-order valence-corrected chi connectivity index (χ3v) is 4.72. The molecule has 1 unspecified atom stereocenters. The summed E-state index contributed by atoms with van der Waals surface area (Å²) in [6.07, 6.45) is 2.08. The topological polar surface area (TPSA) is 115 Å². The predicted molar refractivity (Wildman–Crippen MR) is 95.8 cm³/mol. The van der Waals surface area contributed by atoms with E-state index in [1.165, 1.54) is 12.1 Å². The number of rotatable bonds is 8. The lowest BCUT2D eigenvalue weighted by Gasteiger charge is -2.13. The number of benzene rings is 1. The van der Waals surface area contributed by atoms with E-state index >= 15 is 0 Å². The maximum absolute atomic E-state index is 11.2. The number of nitrogens with one attached hydrogen (secondary N) is 2. The molecule has 0 saturated carbocycles. The third-order valence-electron chi connectivity index (χ3n) is 3.79. The van der Waals surface area contributed by atoms with Gasteiger partial charge in [0.15, 0.2) is 5.96 Å². The van der Waals surface area contributed by atoms with Gasteiger partial charge < -0.3 is 20.1 Å². The van der Waals surface area contributed by atoms with Gasteiger partial charge in [0.2, 0.25) is 10.0 Å². The number of nitrogens with zero attached hydrogens (tertiary/aromatic N) is 1. The van der Waals surface area contributed by atoms with Crippen LogP contribution in [0.3, 0.4) is 0 Å². The zero-order valence-electron chi connectivity index (χ0n) is 14.4. The first kappa shape index (κ1) is 19.6. The quantitative estimate of drug-likeness (QED) is 0.342. The van der Waals surface area contributed by atoms with Crippen LogP contribution in [0.2, 0.25) is 0 Å². The van der Waals surface area contributed by atoms with Crippen molar-refractivity contribution < 1.29 is 17.9 Å². The molecule has 2 rings (SSSR count). The molecule has 25 heavy (non-hydrogen) atoms. The lowest BCUT2D eigenvalue weighted by molar-refractivity contribution is 0.0420. The molecular formula is C16H26N4O4S. The second kappa shape index (κ2) is 9.71. The first-order valence-corrected chi connectivity index (χ1v) is 9.79. The maximum Gasteiger partial charge on any atom is 0.238 e.